The van der Waals surface area contributed by atoms with Crippen molar-refractivity contribution in [3.63, 3.8) is 0 Å². The first kappa shape index (κ1) is 17.0. The van der Waals surface area contributed by atoms with Crippen molar-refractivity contribution in [2.75, 3.05) is 6.54 Å². The van der Waals surface area contributed by atoms with Crippen LogP contribution in [-0.2, 0) is 0 Å². The van der Waals surface area contributed by atoms with Gasteiger partial charge < -0.3 is 5.11 Å². The molecule has 2 nitrogen and oxygen atoms in total. The monoisotopic (exact) mass is 281 g/mol. The van der Waals surface area contributed by atoms with Gasteiger partial charge in [0.05, 0.1) is 0 Å². The Balaban J connectivity index is 3.05. The van der Waals surface area contributed by atoms with Crippen molar-refractivity contribution in [2.45, 2.75) is 59.5 Å². The van der Waals surface area contributed by atoms with Gasteiger partial charge in [-0.3, -0.25) is 4.90 Å². The number of rotatable bonds is 7. The zero-order valence-corrected chi connectivity index (χ0v) is 13.4. The molecule has 3 heteroatoms. The van der Waals surface area contributed by atoms with Crippen LogP contribution in [0, 0.1) is 11.7 Å². The van der Waals surface area contributed by atoms with E-state index in [2.05, 4.69) is 39.5 Å². The molecule has 0 saturated carbocycles. The summed E-state index contributed by atoms with van der Waals surface area (Å²) in [7, 11) is 0. The summed E-state index contributed by atoms with van der Waals surface area (Å²) in [5.74, 6) is 0.201. The zero-order chi connectivity index (χ0) is 15.3. The molecule has 1 rings (SSSR count). The van der Waals surface area contributed by atoms with Crippen LogP contribution in [0.2, 0.25) is 0 Å². The number of hydrogen-bond donors (Lipinski definition) is 1. The van der Waals surface area contributed by atoms with Crippen LogP contribution in [0.25, 0.3) is 0 Å². The second-order valence-electron chi connectivity index (χ2n) is 5.94. The van der Waals surface area contributed by atoms with Gasteiger partial charge in [-0.1, -0.05) is 33.8 Å². The zero-order valence-electron chi connectivity index (χ0n) is 13.4. The predicted octanol–water partition coefficient (Wildman–Crippen LogP) is 4.74. The van der Waals surface area contributed by atoms with Gasteiger partial charge in [-0.05, 0) is 31.7 Å². The molecule has 0 heterocycles. The van der Waals surface area contributed by atoms with Crippen LogP contribution in [0.5, 0.6) is 5.75 Å². The molecule has 0 bridgehead atoms. The molecule has 0 aromatic heterocycles. The van der Waals surface area contributed by atoms with Gasteiger partial charge in [0.15, 0.2) is 0 Å². The highest BCUT2D eigenvalue weighted by Crippen LogP contribution is 2.29. The van der Waals surface area contributed by atoms with E-state index in [0.717, 1.165) is 19.4 Å². The highest BCUT2D eigenvalue weighted by atomic mass is 19.1. The van der Waals surface area contributed by atoms with E-state index in [4.69, 9.17) is 0 Å². The minimum absolute atomic E-state index is 0.0166. The molecule has 1 unspecified atom stereocenters. The van der Waals surface area contributed by atoms with Crippen molar-refractivity contribution >= 4 is 0 Å². The summed E-state index contributed by atoms with van der Waals surface area (Å²) in [4.78, 5) is 2.39. The molecule has 20 heavy (non-hydrogen) atoms. The average molecular weight is 281 g/mol. The Bertz CT molecular complexity index is 415. The standard InChI is InChI=1S/C17H28FNO/c1-6-14(7-2)19(11-12(3)4)13(5)16-9-8-15(20)10-17(16)18/h8-10,12-14,20H,6-7,11H2,1-5H3. The molecule has 0 radical (unpaired) electrons. The number of phenols is 1. The second-order valence-corrected chi connectivity index (χ2v) is 5.94. The lowest BCUT2D eigenvalue weighted by Crippen LogP contribution is -2.39. The molecule has 0 amide bonds. The lowest BCUT2D eigenvalue weighted by molar-refractivity contribution is 0.116. The quantitative estimate of drug-likeness (QED) is 0.780. The molecule has 1 atom stereocenters. The maximum Gasteiger partial charge on any atom is 0.131 e. The number of phenolic OH excluding ortho intramolecular Hbond substituents is 1. The fourth-order valence-corrected chi connectivity index (χ4v) is 2.84. The Morgan fingerprint density at radius 2 is 1.75 bits per heavy atom. The summed E-state index contributed by atoms with van der Waals surface area (Å²) in [6.45, 7) is 11.7. The molecule has 1 aromatic rings. The molecule has 1 aromatic carbocycles. The fraction of sp³-hybridized carbons (Fsp3) is 0.647. The van der Waals surface area contributed by atoms with Crippen molar-refractivity contribution in [1.82, 2.24) is 4.90 Å². The van der Waals surface area contributed by atoms with Crippen LogP contribution in [0.1, 0.15) is 59.1 Å². The smallest absolute Gasteiger partial charge is 0.131 e. The summed E-state index contributed by atoms with van der Waals surface area (Å²) in [5, 5.41) is 9.35. The highest BCUT2D eigenvalue weighted by Gasteiger charge is 2.25. The average Bonchev–Trinajstić information content (AvgIpc) is 2.37. The fourth-order valence-electron chi connectivity index (χ4n) is 2.84. The van der Waals surface area contributed by atoms with Crippen LogP contribution in [0.3, 0.4) is 0 Å². The predicted molar refractivity (Wildman–Crippen MR) is 82.4 cm³/mol. The van der Waals surface area contributed by atoms with Crippen LogP contribution in [0.4, 0.5) is 4.39 Å². The minimum Gasteiger partial charge on any atom is -0.508 e. The number of halogens is 1. The van der Waals surface area contributed by atoms with E-state index < -0.39 is 0 Å². The second kappa shape index (κ2) is 7.63. The van der Waals surface area contributed by atoms with Crippen molar-refractivity contribution in [1.29, 1.82) is 0 Å². The van der Waals surface area contributed by atoms with Crippen LogP contribution in [-0.4, -0.2) is 22.6 Å². The Labute approximate surface area is 122 Å². The SMILES string of the molecule is CCC(CC)N(CC(C)C)C(C)c1ccc(O)cc1F. The third kappa shape index (κ3) is 4.20. The van der Waals surface area contributed by atoms with Crippen molar-refractivity contribution < 1.29 is 9.50 Å². The third-order valence-electron chi connectivity index (χ3n) is 3.92. The molecule has 0 aliphatic rings. The van der Waals surface area contributed by atoms with Gasteiger partial charge in [-0.15, -0.1) is 0 Å². The van der Waals surface area contributed by atoms with Gasteiger partial charge >= 0.3 is 0 Å². The largest absolute Gasteiger partial charge is 0.508 e. The topological polar surface area (TPSA) is 23.5 Å². The van der Waals surface area contributed by atoms with Crippen LogP contribution >= 0.6 is 0 Å². The Kier molecular flexibility index (Phi) is 6.47. The lowest BCUT2D eigenvalue weighted by Gasteiger charge is -2.37. The first-order chi connectivity index (χ1) is 9.40. The molecule has 0 fully saturated rings. The maximum absolute atomic E-state index is 14.1. The third-order valence-corrected chi connectivity index (χ3v) is 3.92. The van der Waals surface area contributed by atoms with Crippen molar-refractivity contribution in [2.24, 2.45) is 5.92 Å². The Morgan fingerprint density at radius 1 is 1.15 bits per heavy atom. The van der Waals surface area contributed by atoms with E-state index in [1.165, 1.54) is 6.07 Å². The molecule has 1 N–H and O–H groups in total. The van der Waals surface area contributed by atoms with E-state index in [0.29, 0.717) is 17.5 Å². The molecule has 0 aliphatic heterocycles. The minimum atomic E-state index is -0.322. The van der Waals surface area contributed by atoms with Gasteiger partial charge in [-0.2, -0.15) is 0 Å². The van der Waals surface area contributed by atoms with Gasteiger partial charge in [-0.25, -0.2) is 4.39 Å². The molecule has 0 saturated heterocycles. The van der Waals surface area contributed by atoms with Crippen LogP contribution in [0.15, 0.2) is 18.2 Å². The molecular formula is C17H28FNO. The maximum atomic E-state index is 14.1. The molecule has 114 valence electrons. The highest BCUT2D eigenvalue weighted by molar-refractivity contribution is 5.29. The van der Waals surface area contributed by atoms with Crippen molar-refractivity contribution in [3.05, 3.63) is 29.6 Å². The van der Waals surface area contributed by atoms with E-state index in [-0.39, 0.29) is 17.6 Å². The summed E-state index contributed by atoms with van der Waals surface area (Å²) in [5.41, 5.74) is 0.662. The van der Waals surface area contributed by atoms with Gasteiger partial charge in [0.25, 0.3) is 0 Å². The summed E-state index contributed by atoms with van der Waals surface area (Å²) in [6.07, 6.45) is 2.13. The Hall–Kier alpha value is -1.09. The van der Waals surface area contributed by atoms with Crippen LogP contribution < -0.4 is 0 Å². The van der Waals surface area contributed by atoms with E-state index in [1.54, 1.807) is 12.1 Å². The van der Waals surface area contributed by atoms with Crippen molar-refractivity contribution in [3.8, 4) is 5.75 Å². The first-order valence-corrected chi connectivity index (χ1v) is 7.64. The molecule has 0 spiro atoms. The molecule has 0 aliphatic carbocycles. The van der Waals surface area contributed by atoms with Gasteiger partial charge in [0.2, 0.25) is 0 Å². The normalized spacial score (nSPS) is 13.4. The van der Waals surface area contributed by atoms with E-state index in [1.807, 2.05) is 0 Å². The van der Waals surface area contributed by atoms with E-state index >= 15 is 0 Å². The Morgan fingerprint density at radius 3 is 2.20 bits per heavy atom. The molecular weight excluding hydrogens is 253 g/mol. The number of benzene rings is 1. The van der Waals surface area contributed by atoms with Gasteiger partial charge in [0, 0.05) is 30.3 Å². The number of aromatic hydroxyl groups is 1. The lowest BCUT2D eigenvalue weighted by atomic mass is 9.99. The van der Waals surface area contributed by atoms with E-state index in [9.17, 15) is 9.50 Å². The first-order valence-electron chi connectivity index (χ1n) is 7.64. The summed E-state index contributed by atoms with van der Waals surface area (Å²) >= 11 is 0. The number of hydrogen-bond acceptors (Lipinski definition) is 2. The van der Waals surface area contributed by atoms with Gasteiger partial charge in [0.1, 0.15) is 11.6 Å². The summed E-state index contributed by atoms with van der Waals surface area (Å²) in [6, 6.07) is 4.94. The number of nitrogens with zero attached hydrogens (tertiary/aromatic N) is 1. The summed E-state index contributed by atoms with van der Waals surface area (Å²) < 4.78 is 14.1.